The quantitative estimate of drug-likeness (QED) is 0.718. The fourth-order valence-corrected chi connectivity index (χ4v) is 3.30. The number of methoxy groups -OCH3 is 1. The Labute approximate surface area is 167 Å². The first-order chi connectivity index (χ1) is 13.7. The topological polar surface area (TPSA) is 54.0 Å². The molecule has 1 saturated heterocycles. The van der Waals surface area contributed by atoms with Crippen LogP contribution in [0.2, 0.25) is 0 Å². The van der Waals surface area contributed by atoms with Crippen molar-refractivity contribution in [2.45, 2.75) is 6.54 Å². The molecule has 0 spiro atoms. The Morgan fingerprint density at radius 2 is 1.57 bits per heavy atom. The third kappa shape index (κ3) is 6.25. The van der Waals surface area contributed by atoms with Crippen molar-refractivity contribution in [3.05, 3.63) is 60.2 Å². The van der Waals surface area contributed by atoms with Gasteiger partial charge in [0, 0.05) is 45.8 Å². The number of nitrogens with one attached hydrogen (secondary N) is 1. The smallest absolute Gasteiger partial charge is 0.257 e. The monoisotopic (exact) mass is 383 g/mol. The molecular formula is C22H29N3O3. The molecule has 1 fully saturated rings. The number of hydrogen-bond acceptors (Lipinski definition) is 5. The largest absolute Gasteiger partial charge is 0.493 e. The first-order valence-electron chi connectivity index (χ1n) is 9.76. The van der Waals surface area contributed by atoms with Gasteiger partial charge in [-0.25, -0.2) is 0 Å². The molecule has 0 aromatic heterocycles. The van der Waals surface area contributed by atoms with Crippen LogP contribution in [-0.4, -0.2) is 68.7 Å². The van der Waals surface area contributed by atoms with Gasteiger partial charge in [-0.1, -0.05) is 42.5 Å². The molecule has 0 saturated carbocycles. The average Bonchev–Trinajstić information content (AvgIpc) is 2.74. The van der Waals surface area contributed by atoms with E-state index in [0.29, 0.717) is 18.0 Å². The van der Waals surface area contributed by atoms with Crippen LogP contribution >= 0.6 is 0 Å². The number of amides is 1. The highest BCUT2D eigenvalue weighted by Gasteiger charge is 2.16. The lowest BCUT2D eigenvalue weighted by atomic mass is 10.2. The SMILES string of the molecule is COc1ccccc1OCC(=O)NCCN1CCN(Cc2ccccc2)CC1. The number of carbonyl (C=O) groups is 1. The summed E-state index contributed by atoms with van der Waals surface area (Å²) in [5.41, 5.74) is 1.36. The molecule has 2 aromatic carbocycles. The maximum absolute atomic E-state index is 12.0. The minimum absolute atomic E-state index is 0.00870. The summed E-state index contributed by atoms with van der Waals surface area (Å²) < 4.78 is 10.8. The lowest BCUT2D eigenvalue weighted by Gasteiger charge is -2.34. The van der Waals surface area contributed by atoms with Gasteiger partial charge < -0.3 is 14.8 Å². The minimum Gasteiger partial charge on any atom is -0.493 e. The van der Waals surface area contributed by atoms with Crippen LogP contribution in [0.15, 0.2) is 54.6 Å². The summed E-state index contributed by atoms with van der Waals surface area (Å²) >= 11 is 0. The van der Waals surface area contributed by atoms with Crippen molar-refractivity contribution < 1.29 is 14.3 Å². The molecule has 0 unspecified atom stereocenters. The van der Waals surface area contributed by atoms with Crippen molar-refractivity contribution in [1.29, 1.82) is 0 Å². The Morgan fingerprint density at radius 1 is 0.929 bits per heavy atom. The van der Waals surface area contributed by atoms with Crippen molar-refractivity contribution in [3.8, 4) is 11.5 Å². The van der Waals surface area contributed by atoms with E-state index in [0.717, 1.165) is 39.3 Å². The number of rotatable bonds is 9. The van der Waals surface area contributed by atoms with E-state index >= 15 is 0 Å². The van der Waals surface area contributed by atoms with Crippen LogP contribution in [-0.2, 0) is 11.3 Å². The van der Waals surface area contributed by atoms with E-state index in [2.05, 4.69) is 45.4 Å². The summed E-state index contributed by atoms with van der Waals surface area (Å²) in [4.78, 5) is 16.9. The summed E-state index contributed by atoms with van der Waals surface area (Å²) in [6.45, 7) is 6.66. The second-order valence-electron chi connectivity index (χ2n) is 6.89. The summed E-state index contributed by atoms with van der Waals surface area (Å²) in [7, 11) is 1.59. The number of para-hydroxylation sites is 2. The fraction of sp³-hybridized carbons (Fsp3) is 0.409. The summed E-state index contributed by atoms with van der Waals surface area (Å²) in [5.74, 6) is 1.09. The van der Waals surface area contributed by atoms with Crippen LogP contribution in [0.1, 0.15) is 5.56 Å². The lowest BCUT2D eigenvalue weighted by Crippen LogP contribution is -2.48. The Kier molecular flexibility index (Phi) is 7.70. The zero-order valence-electron chi connectivity index (χ0n) is 16.5. The van der Waals surface area contributed by atoms with E-state index in [9.17, 15) is 4.79 Å². The minimum atomic E-state index is -0.117. The molecule has 1 heterocycles. The van der Waals surface area contributed by atoms with Gasteiger partial charge in [-0.15, -0.1) is 0 Å². The van der Waals surface area contributed by atoms with Gasteiger partial charge in [0.15, 0.2) is 18.1 Å². The van der Waals surface area contributed by atoms with Crippen molar-refractivity contribution in [3.63, 3.8) is 0 Å². The highest BCUT2D eigenvalue weighted by Crippen LogP contribution is 2.25. The molecule has 3 rings (SSSR count). The van der Waals surface area contributed by atoms with Gasteiger partial charge in [0.25, 0.3) is 5.91 Å². The van der Waals surface area contributed by atoms with Gasteiger partial charge in [0.1, 0.15) is 0 Å². The van der Waals surface area contributed by atoms with Gasteiger partial charge in [0.05, 0.1) is 7.11 Å². The van der Waals surface area contributed by atoms with E-state index in [4.69, 9.17) is 9.47 Å². The zero-order chi connectivity index (χ0) is 19.6. The predicted octanol–water partition coefficient (Wildman–Crippen LogP) is 2.01. The molecule has 28 heavy (non-hydrogen) atoms. The fourth-order valence-electron chi connectivity index (χ4n) is 3.30. The van der Waals surface area contributed by atoms with Crippen molar-refractivity contribution in [2.75, 3.05) is 53.0 Å². The maximum atomic E-state index is 12.0. The molecule has 6 heteroatoms. The number of piperazine rings is 1. The van der Waals surface area contributed by atoms with Gasteiger partial charge in [-0.3, -0.25) is 14.6 Å². The number of hydrogen-bond donors (Lipinski definition) is 1. The Morgan fingerprint density at radius 3 is 2.29 bits per heavy atom. The first kappa shape index (κ1) is 20.2. The lowest BCUT2D eigenvalue weighted by molar-refractivity contribution is -0.123. The van der Waals surface area contributed by atoms with Crippen molar-refractivity contribution in [1.82, 2.24) is 15.1 Å². The molecule has 1 N–H and O–H groups in total. The number of benzene rings is 2. The Balaban J connectivity index is 1.30. The predicted molar refractivity (Wildman–Crippen MR) is 110 cm³/mol. The van der Waals surface area contributed by atoms with Gasteiger partial charge in [-0.05, 0) is 17.7 Å². The number of nitrogens with zero attached hydrogens (tertiary/aromatic N) is 2. The molecular weight excluding hydrogens is 354 g/mol. The van der Waals surface area contributed by atoms with Crippen LogP contribution in [0.5, 0.6) is 11.5 Å². The van der Waals surface area contributed by atoms with E-state index < -0.39 is 0 Å². The summed E-state index contributed by atoms with van der Waals surface area (Å²) in [5, 5.41) is 2.93. The third-order valence-corrected chi connectivity index (χ3v) is 4.89. The van der Waals surface area contributed by atoms with Crippen LogP contribution in [0, 0.1) is 0 Å². The Hall–Kier alpha value is -2.57. The van der Waals surface area contributed by atoms with Gasteiger partial charge in [0.2, 0.25) is 0 Å². The molecule has 1 aliphatic heterocycles. The highest BCUT2D eigenvalue weighted by molar-refractivity contribution is 5.77. The summed E-state index contributed by atoms with van der Waals surface area (Å²) in [6.07, 6.45) is 0. The van der Waals surface area contributed by atoms with Crippen LogP contribution in [0.25, 0.3) is 0 Å². The van der Waals surface area contributed by atoms with Crippen LogP contribution < -0.4 is 14.8 Å². The molecule has 1 aliphatic rings. The highest BCUT2D eigenvalue weighted by atomic mass is 16.5. The number of carbonyl (C=O) groups excluding carboxylic acids is 1. The number of ether oxygens (including phenoxy) is 2. The standard InChI is InChI=1S/C22H29N3O3/c1-27-20-9-5-6-10-21(20)28-18-22(26)23-11-12-24-13-15-25(16-14-24)17-19-7-3-2-4-8-19/h2-10H,11-18H2,1H3,(H,23,26). The van der Waals surface area contributed by atoms with Crippen LogP contribution in [0.4, 0.5) is 0 Å². The van der Waals surface area contributed by atoms with Crippen molar-refractivity contribution in [2.24, 2.45) is 0 Å². The normalized spacial score (nSPS) is 15.2. The van der Waals surface area contributed by atoms with E-state index in [1.165, 1.54) is 5.56 Å². The Bertz CT molecular complexity index is 731. The van der Waals surface area contributed by atoms with Crippen LogP contribution in [0.3, 0.4) is 0 Å². The molecule has 0 bridgehead atoms. The van der Waals surface area contributed by atoms with E-state index in [-0.39, 0.29) is 12.5 Å². The molecule has 0 atom stereocenters. The van der Waals surface area contributed by atoms with Crippen molar-refractivity contribution >= 4 is 5.91 Å². The first-order valence-corrected chi connectivity index (χ1v) is 9.76. The molecule has 0 radical (unpaired) electrons. The summed E-state index contributed by atoms with van der Waals surface area (Å²) in [6, 6.07) is 17.9. The molecule has 150 valence electrons. The second kappa shape index (κ2) is 10.7. The van der Waals surface area contributed by atoms with E-state index in [1.54, 1.807) is 13.2 Å². The average molecular weight is 383 g/mol. The second-order valence-corrected chi connectivity index (χ2v) is 6.89. The molecule has 2 aromatic rings. The van der Waals surface area contributed by atoms with E-state index in [1.807, 2.05) is 18.2 Å². The zero-order valence-corrected chi connectivity index (χ0v) is 16.5. The van der Waals surface area contributed by atoms with Gasteiger partial charge in [-0.2, -0.15) is 0 Å². The molecule has 1 amide bonds. The molecule has 0 aliphatic carbocycles. The molecule has 6 nitrogen and oxygen atoms in total. The third-order valence-electron chi connectivity index (χ3n) is 4.89. The van der Waals surface area contributed by atoms with Gasteiger partial charge >= 0.3 is 0 Å². The maximum Gasteiger partial charge on any atom is 0.257 e.